The predicted molar refractivity (Wildman–Crippen MR) is 196 cm³/mol. The van der Waals surface area contributed by atoms with Gasteiger partial charge in [0.05, 0.1) is 33.3 Å². The van der Waals surface area contributed by atoms with Gasteiger partial charge in [-0.2, -0.15) is 0 Å². The van der Waals surface area contributed by atoms with Gasteiger partial charge in [-0.15, -0.1) is 0 Å². The Balaban J connectivity index is 1.34. The third-order valence-electron chi connectivity index (χ3n) is 10.0. The molecule has 0 saturated heterocycles. The molecule has 3 aromatic heterocycles. The number of imidazole rings is 2. The monoisotopic (exact) mass is 617 g/mol. The van der Waals surface area contributed by atoms with Crippen LogP contribution in [0.2, 0.25) is 0 Å². The number of benzene rings is 6. The Bertz CT molecular complexity index is 2690. The summed E-state index contributed by atoms with van der Waals surface area (Å²) in [6.45, 7) is 4.69. The molecule has 0 bridgehead atoms. The molecule has 0 atom stereocenters. The van der Waals surface area contributed by atoms with Gasteiger partial charge in [-0.05, 0) is 78.4 Å². The molecule has 0 spiro atoms. The van der Waals surface area contributed by atoms with Crippen molar-refractivity contribution in [3.05, 3.63) is 163 Å². The quantitative estimate of drug-likeness (QED) is 0.197. The first-order valence-corrected chi connectivity index (χ1v) is 16.4. The fourth-order valence-electron chi connectivity index (χ4n) is 7.91. The Labute approximate surface area is 278 Å². The maximum Gasteiger partial charge on any atom is 0.148 e. The molecule has 0 unspecified atom stereocenters. The molecule has 6 aromatic carbocycles. The van der Waals surface area contributed by atoms with Crippen LogP contribution in [0, 0.1) is 0 Å². The first-order chi connectivity index (χ1) is 23.6. The lowest BCUT2D eigenvalue weighted by atomic mass is 9.81. The zero-order valence-electron chi connectivity index (χ0n) is 26.7. The van der Waals surface area contributed by atoms with Crippen LogP contribution in [0.5, 0.6) is 0 Å². The molecule has 0 aliphatic carbocycles. The molecule has 0 saturated carbocycles. The summed E-state index contributed by atoms with van der Waals surface area (Å²) < 4.78 is 7.08. The minimum Gasteiger partial charge on any atom is -0.312 e. The normalized spacial score (nSPS) is 13.4. The van der Waals surface area contributed by atoms with Crippen LogP contribution in [0.1, 0.15) is 25.1 Å². The summed E-state index contributed by atoms with van der Waals surface area (Å²) in [5, 5.41) is 1.16. The van der Waals surface area contributed by atoms with Crippen molar-refractivity contribution < 1.29 is 0 Å². The Morgan fingerprint density at radius 2 is 1.02 bits per heavy atom. The third-order valence-corrected chi connectivity index (χ3v) is 10.0. The molecule has 0 amide bonds. The van der Waals surface area contributed by atoms with Gasteiger partial charge in [0, 0.05) is 39.0 Å². The standard InChI is InChI=1S/C43H31N5/c1-43(2)32-19-9-12-22-36(32)48-35-26-25-28(41-44-33-20-10-13-23-37(33)46(41)29-15-5-3-6-16-29)27-31(35)39(40(43)48)42-45-34-21-11-14-24-38(34)47(42)30-17-7-4-8-18-30/h3-27H,1-2H3. The highest BCUT2D eigenvalue weighted by Gasteiger charge is 2.41. The Morgan fingerprint density at radius 3 is 1.69 bits per heavy atom. The molecule has 0 fully saturated rings. The Kier molecular flexibility index (Phi) is 5.56. The average molecular weight is 618 g/mol. The van der Waals surface area contributed by atoms with Gasteiger partial charge in [0.1, 0.15) is 11.6 Å². The highest BCUT2D eigenvalue weighted by molar-refractivity contribution is 6.04. The second kappa shape index (κ2) is 9.90. The maximum atomic E-state index is 5.42. The number of nitrogens with zero attached hydrogens (tertiary/aromatic N) is 5. The second-order valence-corrected chi connectivity index (χ2v) is 13.1. The van der Waals surface area contributed by atoms with Crippen LogP contribution in [0.25, 0.3) is 72.8 Å². The van der Waals surface area contributed by atoms with Crippen LogP contribution in [0.15, 0.2) is 152 Å². The van der Waals surface area contributed by atoms with Crippen LogP contribution in [-0.4, -0.2) is 23.7 Å². The maximum absolute atomic E-state index is 5.42. The largest absolute Gasteiger partial charge is 0.312 e. The highest BCUT2D eigenvalue weighted by Crippen LogP contribution is 2.52. The van der Waals surface area contributed by atoms with E-state index in [9.17, 15) is 0 Å². The highest BCUT2D eigenvalue weighted by atomic mass is 15.1. The third kappa shape index (κ3) is 3.67. The molecule has 48 heavy (non-hydrogen) atoms. The van der Waals surface area contributed by atoms with Gasteiger partial charge < -0.3 is 4.57 Å². The van der Waals surface area contributed by atoms with Crippen LogP contribution >= 0.6 is 0 Å². The molecule has 9 aromatic rings. The topological polar surface area (TPSA) is 40.6 Å². The first kappa shape index (κ1) is 27.0. The van der Waals surface area contributed by atoms with E-state index < -0.39 is 0 Å². The second-order valence-electron chi connectivity index (χ2n) is 13.1. The van der Waals surface area contributed by atoms with E-state index in [1.54, 1.807) is 0 Å². The summed E-state index contributed by atoms with van der Waals surface area (Å²) in [7, 11) is 0. The minimum absolute atomic E-state index is 0.262. The molecule has 228 valence electrons. The van der Waals surface area contributed by atoms with Crippen molar-refractivity contribution in [3.63, 3.8) is 0 Å². The van der Waals surface area contributed by atoms with E-state index >= 15 is 0 Å². The van der Waals surface area contributed by atoms with E-state index in [-0.39, 0.29) is 5.41 Å². The zero-order chi connectivity index (χ0) is 32.0. The van der Waals surface area contributed by atoms with Crippen LogP contribution in [0.3, 0.4) is 0 Å². The van der Waals surface area contributed by atoms with Crippen LogP contribution in [0.4, 0.5) is 0 Å². The van der Waals surface area contributed by atoms with Gasteiger partial charge >= 0.3 is 0 Å². The van der Waals surface area contributed by atoms with Gasteiger partial charge in [-0.1, -0.05) is 92.7 Å². The summed E-state index contributed by atoms with van der Waals surface area (Å²) >= 11 is 0. The summed E-state index contributed by atoms with van der Waals surface area (Å²) in [4.78, 5) is 10.7. The Morgan fingerprint density at radius 1 is 0.479 bits per heavy atom. The fraction of sp³-hybridized carbons (Fsp3) is 0.0698. The number of aromatic nitrogens is 5. The van der Waals surface area contributed by atoms with Crippen molar-refractivity contribution in [2.45, 2.75) is 19.3 Å². The van der Waals surface area contributed by atoms with Crippen molar-refractivity contribution in [1.29, 1.82) is 0 Å². The van der Waals surface area contributed by atoms with Crippen molar-refractivity contribution in [1.82, 2.24) is 23.7 Å². The van der Waals surface area contributed by atoms with Crippen molar-refractivity contribution in [2.24, 2.45) is 0 Å². The van der Waals surface area contributed by atoms with Gasteiger partial charge in [0.25, 0.3) is 0 Å². The zero-order valence-corrected chi connectivity index (χ0v) is 26.7. The first-order valence-electron chi connectivity index (χ1n) is 16.4. The molecular formula is C43H31N5. The molecule has 1 aliphatic rings. The van der Waals surface area contributed by atoms with Crippen molar-refractivity contribution in [3.8, 4) is 39.8 Å². The van der Waals surface area contributed by atoms with Gasteiger partial charge in [0.2, 0.25) is 0 Å². The lowest BCUT2D eigenvalue weighted by Gasteiger charge is -2.22. The number of hydrogen-bond acceptors (Lipinski definition) is 2. The van der Waals surface area contributed by atoms with E-state index in [0.29, 0.717) is 0 Å². The molecule has 0 radical (unpaired) electrons. The van der Waals surface area contributed by atoms with Gasteiger partial charge in [0.15, 0.2) is 0 Å². The number of para-hydroxylation sites is 7. The molecule has 0 N–H and O–H groups in total. The molecule has 10 rings (SSSR count). The number of hydrogen-bond donors (Lipinski definition) is 0. The lowest BCUT2D eigenvalue weighted by molar-refractivity contribution is 0.645. The van der Waals surface area contributed by atoms with E-state index in [4.69, 9.17) is 9.97 Å². The van der Waals surface area contributed by atoms with E-state index in [1.807, 2.05) is 0 Å². The van der Waals surface area contributed by atoms with Gasteiger partial charge in [-0.25, -0.2) is 9.97 Å². The predicted octanol–water partition coefficient (Wildman–Crippen LogP) is 10.3. The fourth-order valence-corrected chi connectivity index (χ4v) is 7.91. The summed E-state index contributed by atoms with van der Waals surface area (Å²) in [6, 6.07) is 53.6. The smallest absolute Gasteiger partial charge is 0.148 e. The van der Waals surface area contributed by atoms with Crippen LogP contribution in [-0.2, 0) is 5.41 Å². The molecule has 5 nitrogen and oxygen atoms in total. The van der Waals surface area contributed by atoms with Gasteiger partial charge in [-0.3, -0.25) is 9.13 Å². The summed E-state index contributed by atoms with van der Waals surface area (Å²) in [5.74, 6) is 1.86. The van der Waals surface area contributed by atoms with E-state index in [0.717, 1.165) is 67.1 Å². The summed E-state index contributed by atoms with van der Waals surface area (Å²) in [5.41, 5.74) is 13.2. The van der Waals surface area contributed by atoms with E-state index in [2.05, 4.69) is 179 Å². The lowest BCUT2D eigenvalue weighted by Crippen LogP contribution is -2.17. The summed E-state index contributed by atoms with van der Waals surface area (Å²) in [6.07, 6.45) is 0. The minimum atomic E-state index is -0.262. The Hall–Kier alpha value is -6.20. The number of fused-ring (bicyclic) bond motifs is 7. The SMILES string of the molecule is CC1(C)c2ccccc2-n2c1c(-c1nc3ccccc3n1-c1ccccc1)c1cc(-c3nc4ccccc4n3-c3ccccc3)ccc12. The van der Waals surface area contributed by atoms with Crippen LogP contribution < -0.4 is 0 Å². The average Bonchev–Trinajstić information content (AvgIpc) is 3.86. The van der Waals surface area contributed by atoms with E-state index in [1.165, 1.54) is 16.9 Å². The molecular weight excluding hydrogens is 587 g/mol. The molecule has 1 aliphatic heterocycles. The molecule has 4 heterocycles. The van der Waals surface area contributed by atoms with Crippen molar-refractivity contribution >= 4 is 33.0 Å². The number of rotatable bonds is 4. The van der Waals surface area contributed by atoms with Crippen molar-refractivity contribution in [2.75, 3.05) is 0 Å². The molecule has 5 heteroatoms.